The van der Waals surface area contributed by atoms with Gasteiger partial charge in [0, 0.05) is 49.8 Å². The first-order valence-corrected chi connectivity index (χ1v) is 10.5. The number of halogens is 1. The highest BCUT2D eigenvalue weighted by atomic mass is 19.1. The minimum atomic E-state index is -0.218. The Bertz CT molecular complexity index is 1000. The van der Waals surface area contributed by atoms with Crippen molar-refractivity contribution in [1.29, 1.82) is 0 Å². The fraction of sp³-hybridized carbons (Fsp3) is 0.375. The summed E-state index contributed by atoms with van der Waals surface area (Å²) in [6.07, 6.45) is 6.39. The van der Waals surface area contributed by atoms with E-state index in [2.05, 4.69) is 21.5 Å². The highest BCUT2D eigenvalue weighted by Gasteiger charge is 2.25. The Morgan fingerprint density at radius 3 is 2.43 bits per heavy atom. The van der Waals surface area contributed by atoms with Crippen LogP contribution in [0.5, 0.6) is 0 Å². The van der Waals surface area contributed by atoms with E-state index in [9.17, 15) is 9.18 Å². The molecule has 0 atom stereocenters. The number of carbonyl (C=O) groups excluding carboxylic acids is 1. The minimum Gasteiger partial charge on any atom is -0.339 e. The van der Waals surface area contributed by atoms with Crippen LogP contribution in [0.4, 0.5) is 4.39 Å². The van der Waals surface area contributed by atoms with Crippen LogP contribution in [0.1, 0.15) is 46.0 Å². The molecule has 0 aliphatic carbocycles. The van der Waals surface area contributed by atoms with Crippen molar-refractivity contribution in [2.24, 2.45) is 5.92 Å². The van der Waals surface area contributed by atoms with Crippen LogP contribution in [-0.2, 0) is 13.0 Å². The average Bonchev–Trinajstić information content (AvgIpc) is 3.09. The molecule has 5 nitrogen and oxygen atoms in total. The highest BCUT2D eigenvalue weighted by molar-refractivity contribution is 5.93. The quantitative estimate of drug-likeness (QED) is 0.639. The summed E-state index contributed by atoms with van der Waals surface area (Å²) >= 11 is 0. The Morgan fingerprint density at radius 2 is 1.77 bits per heavy atom. The van der Waals surface area contributed by atoms with E-state index in [0.717, 1.165) is 55.1 Å². The van der Waals surface area contributed by atoms with Crippen molar-refractivity contribution in [2.45, 2.75) is 39.7 Å². The molecule has 0 bridgehead atoms. The maximum Gasteiger partial charge on any atom is 0.255 e. The standard InChI is InChI=1S/C24H27FN4O/c1-17-3-6-21(15-26-17)24(30)28-11-9-19(10-12-28)13-23-27-14-18(2)29(23)16-20-4-7-22(25)8-5-20/h3-8,14-15,19H,9-13,16H2,1-2H3. The van der Waals surface area contributed by atoms with Gasteiger partial charge >= 0.3 is 0 Å². The zero-order valence-corrected chi connectivity index (χ0v) is 17.5. The first-order valence-electron chi connectivity index (χ1n) is 10.5. The van der Waals surface area contributed by atoms with Gasteiger partial charge < -0.3 is 9.47 Å². The van der Waals surface area contributed by atoms with Gasteiger partial charge in [-0.1, -0.05) is 12.1 Å². The number of aryl methyl sites for hydroxylation is 2. The zero-order valence-electron chi connectivity index (χ0n) is 17.5. The molecule has 1 amide bonds. The second kappa shape index (κ2) is 8.78. The number of imidazole rings is 1. The molecule has 1 aliphatic heterocycles. The second-order valence-electron chi connectivity index (χ2n) is 8.16. The van der Waals surface area contributed by atoms with Crippen LogP contribution >= 0.6 is 0 Å². The van der Waals surface area contributed by atoms with E-state index in [0.29, 0.717) is 18.0 Å². The molecule has 4 rings (SSSR count). The topological polar surface area (TPSA) is 51.0 Å². The van der Waals surface area contributed by atoms with E-state index in [4.69, 9.17) is 0 Å². The summed E-state index contributed by atoms with van der Waals surface area (Å²) in [5.41, 5.74) is 3.74. The molecular formula is C24H27FN4O. The Morgan fingerprint density at radius 1 is 1.03 bits per heavy atom. The maximum atomic E-state index is 13.2. The number of likely N-dealkylation sites (tertiary alicyclic amines) is 1. The molecule has 0 radical (unpaired) electrons. The van der Waals surface area contributed by atoms with Crippen molar-refractivity contribution in [3.63, 3.8) is 0 Å². The van der Waals surface area contributed by atoms with Crippen molar-refractivity contribution < 1.29 is 9.18 Å². The van der Waals surface area contributed by atoms with Crippen LogP contribution in [0, 0.1) is 25.6 Å². The zero-order chi connectivity index (χ0) is 21.1. The molecule has 3 aromatic rings. The molecule has 1 fully saturated rings. The van der Waals surface area contributed by atoms with Crippen LogP contribution < -0.4 is 0 Å². The first kappa shape index (κ1) is 20.3. The largest absolute Gasteiger partial charge is 0.339 e. The molecule has 6 heteroatoms. The molecule has 30 heavy (non-hydrogen) atoms. The van der Waals surface area contributed by atoms with E-state index in [1.165, 1.54) is 12.1 Å². The van der Waals surface area contributed by atoms with Crippen LogP contribution in [-0.4, -0.2) is 38.4 Å². The summed E-state index contributed by atoms with van der Waals surface area (Å²) in [5, 5.41) is 0. The molecule has 0 spiro atoms. The van der Waals surface area contributed by atoms with Gasteiger partial charge in [0.1, 0.15) is 11.6 Å². The molecular weight excluding hydrogens is 379 g/mol. The molecule has 1 aromatic carbocycles. The number of rotatable bonds is 5. The second-order valence-corrected chi connectivity index (χ2v) is 8.16. The summed E-state index contributed by atoms with van der Waals surface area (Å²) in [4.78, 5) is 23.5. The number of carbonyl (C=O) groups is 1. The van der Waals surface area contributed by atoms with Crippen molar-refractivity contribution in [1.82, 2.24) is 19.4 Å². The number of benzene rings is 1. The van der Waals surface area contributed by atoms with Crippen LogP contribution in [0.3, 0.4) is 0 Å². The van der Waals surface area contributed by atoms with E-state index >= 15 is 0 Å². The molecule has 0 N–H and O–H groups in total. The molecule has 1 aliphatic rings. The number of pyridine rings is 1. The third-order valence-electron chi connectivity index (χ3n) is 5.92. The number of nitrogens with zero attached hydrogens (tertiary/aromatic N) is 4. The number of amides is 1. The van der Waals surface area contributed by atoms with Crippen molar-refractivity contribution in [2.75, 3.05) is 13.1 Å². The van der Waals surface area contributed by atoms with Gasteiger partial charge in [0.15, 0.2) is 0 Å². The summed E-state index contributed by atoms with van der Waals surface area (Å²) in [6.45, 7) is 6.18. The van der Waals surface area contributed by atoms with Gasteiger partial charge in [0.25, 0.3) is 5.91 Å². The van der Waals surface area contributed by atoms with Crippen molar-refractivity contribution >= 4 is 5.91 Å². The van der Waals surface area contributed by atoms with Gasteiger partial charge in [-0.25, -0.2) is 9.37 Å². The highest BCUT2D eigenvalue weighted by Crippen LogP contribution is 2.23. The predicted molar refractivity (Wildman–Crippen MR) is 114 cm³/mol. The first-order chi connectivity index (χ1) is 14.5. The Balaban J connectivity index is 1.37. The monoisotopic (exact) mass is 406 g/mol. The summed E-state index contributed by atoms with van der Waals surface area (Å²) < 4.78 is 15.4. The number of piperidine rings is 1. The lowest BCUT2D eigenvalue weighted by atomic mass is 9.93. The van der Waals surface area contributed by atoms with E-state index < -0.39 is 0 Å². The predicted octanol–water partition coefficient (Wildman–Crippen LogP) is 4.18. The number of aromatic nitrogens is 3. The van der Waals surface area contributed by atoms with Gasteiger partial charge in [-0.3, -0.25) is 9.78 Å². The number of hydrogen-bond acceptors (Lipinski definition) is 3. The lowest BCUT2D eigenvalue weighted by Crippen LogP contribution is -2.39. The van der Waals surface area contributed by atoms with Gasteiger partial charge in [-0.2, -0.15) is 0 Å². The van der Waals surface area contributed by atoms with Gasteiger partial charge in [0.05, 0.1) is 5.56 Å². The Kier molecular flexibility index (Phi) is 5.93. The van der Waals surface area contributed by atoms with Crippen molar-refractivity contribution in [3.05, 3.63) is 82.9 Å². The Hall–Kier alpha value is -3.02. The van der Waals surface area contributed by atoms with Crippen LogP contribution in [0.2, 0.25) is 0 Å². The fourth-order valence-corrected chi connectivity index (χ4v) is 4.04. The fourth-order valence-electron chi connectivity index (χ4n) is 4.04. The lowest BCUT2D eigenvalue weighted by Gasteiger charge is -2.32. The Labute approximate surface area is 176 Å². The van der Waals surface area contributed by atoms with Gasteiger partial charge in [0.2, 0.25) is 0 Å². The normalized spacial score (nSPS) is 14.8. The van der Waals surface area contributed by atoms with E-state index in [-0.39, 0.29) is 11.7 Å². The van der Waals surface area contributed by atoms with Gasteiger partial charge in [-0.05, 0) is 62.4 Å². The van der Waals surface area contributed by atoms with Crippen LogP contribution in [0.15, 0.2) is 48.8 Å². The third kappa shape index (κ3) is 4.58. The molecule has 1 saturated heterocycles. The molecule has 0 unspecified atom stereocenters. The SMILES string of the molecule is Cc1ccc(C(=O)N2CCC(Cc3ncc(C)n3Cc3ccc(F)cc3)CC2)cn1. The van der Waals surface area contributed by atoms with Gasteiger partial charge in [-0.15, -0.1) is 0 Å². The maximum absolute atomic E-state index is 13.2. The minimum absolute atomic E-state index is 0.0644. The average molecular weight is 407 g/mol. The van der Waals surface area contributed by atoms with Crippen LogP contribution in [0.25, 0.3) is 0 Å². The third-order valence-corrected chi connectivity index (χ3v) is 5.92. The molecule has 156 valence electrons. The van der Waals surface area contributed by atoms with E-state index in [1.807, 2.05) is 42.3 Å². The summed E-state index contributed by atoms with van der Waals surface area (Å²) in [5.74, 6) is 1.40. The molecule has 0 saturated carbocycles. The van der Waals surface area contributed by atoms with Crippen molar-refractivity contribution in [3.8, 4) is 0 Å². The number of hydrogen-bond donors (Lipinski definition) is 0. The summed E-state index contributed by atoms with van der Waals surface area (Å²) in [7, 11) is 0. The summed E-state index contributed by atoms with van der Waals surface area (Å²) in [6, 6.07) is 10.4. The molecule has 3 heterocycles. The molecule has 2 aromatic heterocycles. The van der Waals surface area contributed by atoms with E-state index in [1.54, 1.807) is 6.20 Å². The smallest absolute Gasteiger partial charge is 0.255 e. The lowest BCUT2D eigenvalue weighted by molar-refractivity contribution is 0.0689.